The molecular weight excluding hydrogens is 172 g/mol. The number of carbonyl (C=O) groups excluding carboxylic acids is 1. The maximum atomic E-state index is 10.7. The predicted molar refractivity (Wildman–Crippen MR) is 62.3 cm³/mol. The van der Waals surface area contributed by atoms with Gasteiger partial charge in [0, 0.05) is 0 Å². The Balaban J connectivity index is 3.97. The number of rotatable bonds is 7. The highest BCUT2D eigenvalue weighted by Gasteiger charge is 2.02. The van der Waals surface area contributed by atoms with E-state index in [1.54, 1.807) is 0 Å². The van der Waals surface area contributed by atoms with Gasteiger partial charge in [-0.1, -0.05) is 46.6 Å². The van der Waals surface area contributed by atoms with Crippen molar-refractivity contribution in [3.8, 4) is 0 Å². The van der Waals surface area contributed by atoms with Crippen molar-refractivity contribution in [1.29, 1.82) is 0 Å². The predicted octanol–water partition coefficient (Wildman–Crippen LogP) is 3.98. The lowest BCUT2D eigenvalue weighted by Crippen LogP contribution is -1.96. The normalized spacial score (nSPS) is 14.5. The number of hydrogen-bond donors (Lipinski definition) is 0. The maximum Gasteiger partial charge on any atom is 0.145 e. The topological polar surface area (TPSA) is 17.1 Å². The fraction of sp³-hybridized carbons (Fsp3) is 0.769. The molecule has 0 aromatic carbocycles. The lowest BCUT2D eigenvalue weighted by atomic mass is 9.98. The highest BCUT2D eigenvalue weighted by atomic mass is 16.1. The van der Waals surface area contributed by atoms with Gasteiger partial charge in [-0.15, -0.1) is 0 Å². The SMILES string of the molecule is CCCC(C)C/C=C(\C=O)CC(C)C. The zero-order valence-electron chi connectivity index (χ0n) is 10.0. The highest BCUT2D eigenvalue weighted by Crippen LogP contribution is 2.14. The van der Waals surface area contributed by atoms with Gasteiger partial charge >= 0.3 is 0 Å². The smallest absolute Gasteiger partial charge is 0.145 e. The second kappa shape index (κ2) is 7.78. The van der Waals surface area contributed by atoms with E-state index in [0.29, 0.717) is 11.8 Å². The number of allylic oxidation sites excluding steroid dienone is 2. The van der Waals surface area contributed by atoms with Crippen molar-refractivity contribution in [2.45, 2.75) is 53.4 Å². The van der Waals surface area contributed by atoms with E-state index < -0.39 is 0 Å². The summed E-state index contributed by atoms with van der Waals surface area (Å²) in [5.74, 6) is 1.29. The highest BCUT2D eigenvalue weighted by molar-refractivity contribution is 5.72. The van der Waals surface area contributed by atoms with E-state index in [4.69, 9.17) is 0 Å². The molecule has 0 radical (unpaired) electrons. The molecule has 0 spiro atoms. The molecule has 0 rings (SSSR count). The van der Waals surface area contributed by atoms with Crippen molar-refractivity contribution in [2.75, 3.05) is 0 Å². The first-order valence-corrected chi connectivity index (χ1v) is 5.74. The second-order valence-corrected chi connectivity index (χ2v) is 4.62. The van der Waals surface area contributed by atoms with E-state index in [-0.39, 0.29) is 0 Å². The van der Waals surface area contributed by atoms with E-state index in [2.05, 4.69) is 33.8 Å². The Labute approximate surface area is 88.6 Å². The van der Waals surface area contributed by atoms with Gasteiger partial charge < -0.3 is 0 Å². The van der Waals surface area contributed by atoms with Gasteiger partial charge in [-0.05, 0) is 30.3 Å². The first kappa shape index (κ1) is 13.4. The molecule has 82 valence electrons. The first-order valence-electron chi connectivity index (χ1n) is 5.74. The monoisotopic (exact) mass is 196 g/mol. The Morgan fingerprint density at radius 2 is 1.93 bits per heavy atom. The largest absolute Gasteiger partial charge is 0.298 e. The second-order valence-electron chi connectivity index (χ2n) is 4.62. The van der Waals surface area contributed by atoms with Crippen molar-refractivity contribution in [3.63, 3.8) is 0 Å². The summed E-state index contributed by atoms with van der Waals surface area (Å²) in [7, 11) is 0. The fourth-order valence-corrected chi connectivity index (χ4v) is 1.61. The van der Waals surface area contributed by atoms with Gasteiger partial charge in [0.2, 0.25) is 0 Å². The van der Waals surface area contributed by atoms with Gasteiger partial charge in [-0.3, -0.25) is 4.79 Å². The van der Waals surface area contributed by atoms with Gasteiger partial charge in [0.15, 0.2) is 0 Å². The zero-order valence-corrected chi connectivity index (χ0v) is 10.0. The molecule has 0 bridgehead atoms. The minimum absolute atomic E-state index is 0.577. The average Bonchev–Trinajstić information content (AvgIpc) is 2.12. The summed E-state index contributed by atoms with van der Waals surface area (Å²) in [6.07, 6.45) is 7.59. The molecule has 0 fully saturated rings. The molecule has 0 aliphatic rings. The molecule has 0 amide bonds. The quantitative estimate of drug-likeness (QED) is 0.444. The molecule has 0 aliphatic carbocycles. The van der Waals surface area contributed by atoms with E-state index in [0.717, 1.165) is 24.7 Å². The summed E-state index contributed by atoms with van der Waals surface area (Å²) in [6, 6.07) is 0. The van der Waals surface area contributed by atoms with Crippen LogP contribution in [0.15, 0.2) is 11.6 Å². The van der Waals surface area contributed by atoms with E-state index in [1.165, 1.54) is 12.8 Å². The molecule has 1 heteroatoms. The minimum Gasteiger partial charge on any atom is -0.298 e. The maximum absolute atomic E-state index is 10.7. The van der Waals surface area contributed by atoms with Crippen LogP contribution in [0.4, 0.5) is 0 Å². The van der Waals surface area contributed by atoms with Gasteiger partial charge in [0.25, 0.3) is 0 Å². The molecule has 0 aliphatic heterocycles. The van der Waals surface area contributed by atoms with Crippen LogP contribution < -0.4 is 0 Å². The Hall–Kier alpha value is -0.590. The fourth-order valence-electron chi connectivity index (χ4n) is 1.61. The van der Waals surface area contributed by atoms with Gasteiger partial charge in [-0.2, -0.15) is 0 Å². The first-order chi connectivity index (χ1) is 6.60. The van der Waals surface area contributed by atoms with Crippen molar-refractivity contribution in [3.05, 3.63) is 11.6 Å². The van der Waals surface area contributed by atoms with E-state index >= 15 is 0 Å². The van der Waals surface area contributed by atoms with Crippen LogP contribution in [-0.4, -0.2) is 6.29 Å². The van der Waals surface area contributed by atoms with Crippen LogP contribution in [0.3, 0.4) is 0 Å². The Kier molecular flexibility index (Phi) is 7.45. The van der Waals surface area contributed by atoms with Gasteiger partial charge in [-0.25, -0.2) is 0 Å². The molecule has 1 nitrogen and oxygen atoms in total. The summed E-state index contributed by atoms with van der Waals surface area (Å²) in [6.45, 7) is 8.74. The molecule has 0 aromatic heterocycles. The summed E-state index contributed by atoms with van der Waals surface area (Å²) in [5.41, 5.74) is 0.975. The number of aldehydes is 1. The van der Waals surface area contributed by atoms with Crippen LogP contribution in [0.5, 0.6) is 0 Å². The average molecular weight is 196 g/mol. The molecular formula is C13H24O. The van der Waals surface area contributed by atoms with Crippen LogP contribution in [0.1, 0.15) is 53.4 Å². The molecule has 1 atom stereocenters. The van der Waals surface area contributed by atoms with Crippen molar-refractivity contribution < 1.29 is 4.79 Å². The van der Waals surface area contributed by atoms with Crippen molar-refractivity contribution >= 4 is 6.29 Å². The van der Waals surface area contributed by atoms with Crippen molar-refractivity contribution in [2.24, 2.45) is 11.8 Å². The Morgan fingerprint density at radius 3 is 2.36 bits per heavy atom. The molecule has 1 unspecified atom stereocenters. The van der Waals surface area contributed by atoms with Crippen LogP contribution in [0.2, 0.25) is 0 Å². The third-order valence-electron chi connectivity index (χ3n) is 2.36. The van der Waals surface area contributed by atoms with Gasteiger partial charge in [0.05, 0.1) is 0 Å². The molecule has 0 saturated carbocycles. The molecule has 0 aromatic rings. The zero-order chi connectivity index (χ0) is 11.0. The van der Waals surface area contributed by atoms with Crippen LogP contribution >= 0.6 is 0 Å². The van der Waals surface area contributed by atoms with Crippen LogP contribution in [0.25, 0.3) is 0 Å². The Morgan fingerprint density at radius 1 is 1.29 bits per heavy atom. The lowest BCUT2D eigenvalue weighted by Gasteiger charge is -2.08. The third kappa shape index (κ3) is 6.88. The molecule has 14 heavy (non-hydrogen) atoms. The lowest BCUT2D eigenvalue weighted by molar-refractivity contribution is -0.105. The summed E-state index contributed by atoms with van der Waals surface area (Å²) in [4.78, 5) is 10.7. The third-order valence-corrected chi connectivity index (χ3v) is 2.36. The number of carbonyl (C=O) groups is 1. The summed E-state index contributed by atoms with van der Waals surface area (Å²) < 4.78 is 0. The van der Waals surface area contributed by atoms with Crippen LogP contribution in [-0.2, 0) is 4.79 Å². The van der Waals surface area contributed by atoms with Crippen molar-refractivity contribution in [1.82, 2.24) is 0 Å². The Bertz CT molecular complexity index is 180. The van der Waals surface area contributed by atoms with Crippen LogP contribution in [0, 0.1) is 11.8 Å². The minimum atomic E-state index is 0.577. The molecule has 0 N–H and O–H groups in total. The standard InChI is InChI=1S/C13H24O/c1-5-6-12(4)7-8-13(10-14)9-11(2)3/h8,10-12H,5-7,9H2,1-4H3/b13-8-. The molecule has 0 saturated heterocycles. The number of hydrogen-bond acceptors (Lipinski definition) is 1. The molecule has 0 heterocycles. The summed E-state index contributed by atoms with van der Waals surface area (Å²) >= 11 is 0. The van der Waals surface area contributed by atoms with E-state index in [1.807, 2.05) is 0 Å². The summed E-state index contributed by atoms with van der Waals surface area (Å²) in [5, 5.41) is 0. The van der Waals surface area contributed by atoms with E-state index in [9.17, 15) is 4.79 Å². The van der Waals surface area contributed by atoms with Gasteiger partial charge in [0.1, 0.15) is 6.29 Å².